The molecular formula is C88H81N7S3. The minimum absolute atomic E-state index is 0.0837. The summed E-state index contributed by atoms with van der Waals surface area (Å²) in [5.41, 5.74) is 41.9. The molecule has 0 aliphatic carbocycles. The number of hydrogen-bond donors (Lipinski definition) is 5. The van der Waals surface area contributed by atoms with Crippen molar-refractivity contribution in [3.63, 3.8) is 0 Å². The molecule has 7 nitrogen and oxygen atoms in total. The van der Waals surface area contributed by atoms with E-state index in [4.69, 9.17) is 17.2 Å². The van der Waals surface area contributed by atoms with Gasteiger partial charge in [0.2, 0.25) is 0 Å². The molecule has 0 spiro atoms. The van der Waals surface area contributed by atoms with Gasteiger partial charge in [-0.1, -0.05) is 146 Å². The van der Waals surface area contributed by atoms with Crippen LogP contribution < -0.4 is 37.6 Å². The summed E-state index contributed by atoms with van der Waals surface area (Å²) in [6.07, 6.45) is 3.62. The van der Waals surface area contributed by atoms with Crippen molar-refractivity contribution in [3.05, 3.63) is 277 Å². The van der Waals surface area contributed by atoms with Crippen molar-refractivity contribution in [2.24, 2.45) is 17.2 Å². The van der Waals surface area contributed by atoms with Gasteiger partial charge in [-0.25, -0.2) is 0 Å². The van der Waals surface area contributed by atoms with Crippen molar-refractivity contribution < 1.29 is 0 Å². The van der Waals surface area contributed by atoms with Crippen LogP contribution in [0.15, 0.2) is 255 Å². The molecule has 0 saturated carbocycles. The second-order valence-corrected chi connectivity index (χ2v) is 29.8. The molecule has 486 valence electrons. The van der Waals surface area contributed by atoms with Gasteiger partial charge in [0.15, 0.2) is 0 Å². The smallest absolute Gasteiger partial charge is 0.0552 e. The highest BCUT2D eigenvalue weighted by atomic mass is 32.1. The molecule has 0 amide bonds. The summed E-state index contributed by atoms with van der Waals surface area (Å²) >= 11 is 5.59. The minimum atomic E-state index is -0.186. The number of nitrogens with one attached hydrogen (secondary N) is 2. The molecule has 3 aromatic heterocycles. The standard InChI is InChI=1S/C88H81N7S3/c1-3-94(4-2)72-32-22-61(23-33-72)67-28-38-83-76(50-67)77-51-68(29-39-84(77)97-83)62-24-34-73(35-25-62)95-45-44-92-80(55-95)88(91)71-12-6-11-64(47-71)70-31-41-86-79(53-70)78-52-69(30-40-85(78)98-86)63-10-5-8-58(46-63)54-93-87(90)42-17-57-15-20-60(21-16-57)66-27-37-82-75(49-66)74-48-65(26-36-81(74)96-82)59-18-13-56(14-19-59)9-7-43-89/h5-6,8,10-16,18-41,46-53,80,87-88,92-93H,3-4,7,9,17,42-45,54-55,89-91H2,1-2H3. The second kappa shape index (κ2) is 27.9. The van der Waals surface area contributed by atoms with E-state index in [9.17, 15) is 0 Å². The molecule has 1 fully saturated rings. The van der Waals surface area contributed by atoms with Gasteiger partial charge in [0.1, 0.15) is 0 Å². The summed E-state index contributed by atoms with van der Waals surface area (Å²) in [6.45, 7) is 10.5. The third-order valence-corrected chi connectivity index (χ3v) is 23.8. The first-order chi connectivity index (χ1) is 48.1. The Hall–Kier alpha value is -9.30. The highest BCUT2D eigenvalue weighted by molar-refractivity contribution is 7.26. The molecule has 3 atom stereocenters. The fraction of sp³-hybridized carbons (Fsp3) is 0.182. The van der Waals surface area contributed by atoms with E-state index < -0.39 is 0 Å². The SMILES string of the molecule is CCN(CC)c1ccc(-c2ccc3sc4ccc(-c5ccc(N6CCNC(C(N)c7cccc(-c8ccc9sc%10ccc(-c%11cccc(CNC(N)CCc%12ccc(-c%13ccc%14sc%15ccc(-c%16ccc(CCCN)cc%16)cc%15c%14c%13)cc%12)c%11)cc%10c9c8)c7)C6)cc5)cc4c3c2)cc1. The van der Waals surface area contributed by atoms with Crippen LogP contribution in [0.2, 0.25) is 0 Å². The molecule has 8 N–H and O–H groups in total. The predicted octanol–water partition coefficient (Wildman–Crippen LogP) is 21.0. The van der Waals surface area contributed by atoms with Gasteiger partial charge in [-0.2, -0.15) is 0 Å². The number of thiophene rings is 3. The molecule has 16 rings (SSSR count). The molecule has 0 bridgehead atoms. The molecular weight excluding hydrogens is 1250 g/mol. The van der Waals surface area contributed by atoms with Gasteiger partial charge in [-0.15, -0.1) is 34.0 Å². The quantitative estimate of drug-likeness (QED) is 0.0456. The highest BCUT2D eigenvalue weighted by Crippen LogP contribution is 2.43. The zero-order chi connectivity index (χ0) is 66.2. The maximum absolute atomic E-state index is 7.26. The number of aryl methyl sites for hydroxylation is 2. The largest absolute Gasteiger partial charge is 0.372 e. The van der Waals surface area contributed by atoms with Gasteiger partial charge < -0.3 is 32.3 Å². The van der Waals surface area contributed by atoms with Crippen molar-refractivity contribution in [2.45, 2.75) is 64.3 Å². The Morgan fingerprint density at radius 2 is 0.837 bits per heavy atom. The molecule has 12 aromatic carbocycles. The Morgan fingerprint density at radius 1 is 0.439 bits per heavy atom. The molecule has 0 radical (unpaired) electrons. The van der Waals surface area contributed by atoms with Crippen molar-refractivity contribution in [1.29, 1.82) is 0 Å². The number of anilines is 2. The van der Waals surface area contributed by atoms with Crippen molar-refractivity contribution in [2.75, 3.05) is 49.1 Å². The summed E-state index contributed by atoms with van der Waals surface area (Å²) in [6, 6.07) is 95.5. The van der Waals surface area contributed by atoms with E-state index in [0.29, 0.717) is 6.54 Å². The number of fused-ring (bicyclic) bond motifs is 9. The van der Waals surface area contributed by atoms with E-state index in [1.807, 2.05) is 34.0 Å². The zero-order valence-corrected chi connectivity index (χ0v) is 58.1. The lowest BCUT2D eigenvalue weighted by molar-refractivity contribution is 0.400. The summed E-state index contributed by atoms with van der Waals surface area (Å²) in [5.74, 6) is 0. The third-order valence-electron chi connectivity index (χ3n) is 20.4. The number of piperazine rings is 1. The second-order valence-electron chi connectivity index (χ2n) is 26.5. The molecule has 1 aliphatic rings. The van der Waals surface area contributed by atoms with Gasteiger partial charge in [-0.05, 0) is 244 Å². The number of nitrogens with zero attached hydrogens (tertiary/aromatic N) is 2. The minimum Gasteiger partial charge on any atom is -0.372 e. The lowest BCUT2D eigenvalue weighted by Crippen LogP contribution is -2.54. The Bertz CT molecular complexity index is 5360. The lowest BCUT2D eigenvalue weighted by Gasteiger charge is -2.38. The zero-order valence-electron chi connectivity index (χ0n) is 55.6. The summed E-state index contributed by atoms with van der Waals surface area (Å²) in [5, 5.41) is 15.2. The van der Waals surface area contributed by atoms with Crippen LogP contribution in [-0.4, -0.2) is 51.5 Å². The maximum atomic E-state index is 7.26. The Balaban J connectivity index is 0.544. The maximum Gasteiger partial charge on any atom is 0.0552 e. The summed E-state index contributed by atoms with van der Waals surface area (Å²) < 4.78 is 7.83. The van der Waals surface area contributed by atoms with Gasteiger partial charge >= 0.3 is 0 Å². The van der Waals surface area contributed by atoms with Crippen LogP contribution in [0.4, 0.5) is 11.4 Å². The average molecular weight is 1330 g/mol. The third kappa shape index (κ3) is 13.1. The van der Waals surface area contributed by atoms with E-state index >= 15 is 0 Å². The fourth-order valence-electron chi connectivity index (χ4n) is 14.7. The van der Waals surface area contributed by atoms with Crippen LogP contribution in [0.5, 0.6) is 0 Å². The van der Waals surface area contributed by atoms with Crippen molar-refractivity contribution >= 4 is 106 Å². The van der Waals surface area contributed by atoms with E-state index in [1.54, 1.807) is 0 Å². The Kier molecular flexibility index (Phi) is 18.1. The van der Waals surface area contributed by atoms with Gasteiger partial charge in [0.05, 0.1) is 6.17 Å². The first-order valence-corrected chi connectivity index (χ1v) is 37.3. The van der Waals surface area contributed by atoms with Gasteiger partial charge in [0, 0.05) is 123 Å². The van der Waals surface area contributed by atoms with Crippen LogP contribution in [0, 0.1) is 0 Å². The van der Waals surface area contributed by atoms with E-state index in [1.165, 1.54) is 155 Å². The van der Waals surface area contributed by atoms with Gasteiger partial charge in [-0.3, -0.25) is 5.32 Å². The normalized spacial score (nSPS) is 14.2. The lowest BCUT2D eigenvalue weighted by atomic mass is 9.94. The topological polar surface area (TPSA) is 109 Å². The monoisotopic (exact) mass is 1330 g/mol. The number of nitrogens with two attached hydrogens (primary N) is 3. The molecule has 98 heavy (non-hydrogen) atoms. The first kappa shape index (κ1) is 63.4. The van der Waals surface area contributed by atoms with E-state index in [-0.39, 0.29) is 18.2 Å². The number of hydrogen-bond acceptors (Lipinski definition) is 10. The summed E-state index contributed by atoms with van der Waals surface area (Å²) in [7, 11) is 0. The number of benzene rings is 12. The van der Waals surface area contributed by atoms with E-state index in [0.717, 1.165) is 70.5 Å². The van der Waals surface area contributed by atoms with Crippen LogP contribution in [0.1, 0.15) is 55.0 Å². The molecule has 3 unspecified atom stereocenters. The fourth-order valence-corrected chi connectivity index (χ4v) is 17.9. The van der Waals surface area contributed by atoms with Crippen LogP contribution in [0.3, 0.4) is 0 Å². The van der Waals surface area contributed by atoms with Crippen LogP contribution in [-0.2, 0) is 19.4 Å². The molecule has 15 aromatic rings. The predicted molar refractivity (Wildman–Crippen MR) is 426 cm³/mol. The van der Waals surface area contributed by atoms with Crippen molar-refractivity contribution in [3.8, 4) is 66.8 Å². The molecule has 4 heterocycles. The number of rotatable bonds is 21. The Morgan fingerprint density at radius 3 is 1.30 bits per heavy atom. The molecule has 10 heteroatoms. The van der Waals surface area contributed by atoms with E-state index in [2.05, 4.69) is 289 Å². The highest BCUT2D eigenvalue weighted by Gasteiger charge is 2.27. The molecule has 1 aliphatic heterocycles. The first-order valence-electron chi connectivity index (χ1n) is 34.8. The van der Waals surface area contributed by atoms with Crippen LogP contribution in [0.25, 0.3) is 127 Å². The van der Waals surface area contributed by atoms with Crippen molar-refractivity contribution in [1.82, 2.24) is 10.6 Å². The molecule has 1 saturated heterocycles. The average Bonchev–Trinajstić information content (AvgIpc) is 1.62. The van der Waals surface area contributed by atoms with Crippen LogP contribution >= 0.6 is 34.0 Å². The summed E-state index contributed by atoms with van der Waals surface area (Å²) in [4.78, 5) is 4.88. The van der Waals surface area contributed by atoms with Gasteiger partial charge in [0.25, 0.3) is 0 Å². The Labute approximate surface area is 586 Å².